The third-order valence-electron chi connectivity index (χ3n) is 5.63. The van der Waals surface area contributed by atoms with Crippen molar-refractivity contribution in [1.29, 1.82) is 0 Å². The standard InChI is InChI=1S/C22H20F3N5O/c23-22(24,25)17-11-15-18(12-19(17)29-9-4-7-26-8-10-29)27-13-16-20(15)28-30(21(16)31)14-5-2-1-3-6-14/h1-3,5-6,11-13,26-27H,4,7-10H2. The van der Waals surface area contributed by atoms with E-state index >= 15 is 0 Å². The SMILES string of the molecule is O=c1c2c[nH]c3cc(N4CCCNCC4)c(C(F)(F)F)cc3c-2nn1-c1ccccc1. The quantitative estimate of drug-likeness (QED) is 0.513. The van der Waals surface area contributed by atoms with Crippen LogP contribution in [0.2, 0.25) is 0 Å². The van der Waals surface area contributed by atoms with Crippen LogP contribution in [0.15, 0.2) is 53.5 Å². The van der Waals surface area contributed by atoms with E-state index in [2.05, 4.69) is 15.4 Å². The Morgan fingerprint density at radius 2 is 1.84 bits per heavy atom. The van der Waals surface area contributed by atoms with Crippen molar-refractivity contribution in [3.8, 4) is 16.9 Å². The zero-order chi connectivity index (χ0) is 21.6. The number of hydrogen-bond donors (Lipinski definition) is 2. The van der Waals surface area contributed by atoms with Crippen molar-refractivity contribution in [2.45, 2.75) is 12.6 Å². The van der Waals surface area contributed by atoms with Gasteiger partial charge >= 0.3 is 6.18 Å². The van der Waals surface area contributed by atoms with Crippen LogP contribution in [0.4, 0.5) is 18.9 Å². The number of benzene rings is 2. The molecule has 6 nitrogen and oxygen atoms in total. The summed E-state index contributed by atoms with van der Waals surface area (Å²) in [6.07, 6.45) is -2.25. The zero-order valence-electron chi connectivity index (χ0n) is 16.5. The number of halogens is 3. The predicted octanol–water partition coefficient (Wildman–Crippen LogP) is 3.64. The number of aromatic nitrogens is 3. The first-order valence-electron chi connectivity index (χ1n) is 10.1. The number of nitrogens with zero attached hydrogens (tertiary/aromatic N) is 3. The van der Waals surface area contributed by atoms with Gasteiger partial charge in [0, 0.05) is 36.7 Å². The number of aromatic amines is 1. The maximum absolute atomic E-state index is 14.0. The maximum Gasteiger partial charge on any atom is 0.418 e. The summed E-state index contributed by atoms with van der Waals surface area (Å²) in [6, 6.07) is 11.5. The van der Waals surface area contributed by atoms with Gasteiger partial charge in [0.15, 0.2) is 0 Å². The van der Waals surface area contributed by atoms with Crippen molar-refractivity contribution < 1.29 is 13.2 Å². The van der Waals surface area contributed by atoms with Gasteiger partial charge in [-0.05, 0) is 37.2 Å². The van der Waals surface area contributed by atoms with Gasteiger partial charge in [-0.1, -0.05) is 18.2 Å². The fraction of sp³-hybridized carbons (Fsp3) is 0.273. The molecule has 0 saturated carbocycles. The van der Waals surface area contributed by atoms with Crippen LogP contribution in [0, 0.1) is 0 Å². The Labute approximate surface area is 175 Å². The first kappa shape index (κ1) is 19.6. The lowest BCUT2D eigenvalue weighted by molar-refractivity contribution is -0.137. The molecule has 3 heterocycles. The van der Waals surface area contributed by atoms with Crippen molar-refractivity contribution in [2.75, 3.05) is 31.1 Å². The molecule has 2 aromatic rings. The van der Waals surface area contributed by atoms with Crippen molar-refractivity contribution in [3.05, 3.63) is 64.6 Å². The highest BCUT2D eigenvalue weighted by molar-refractivity contribution is 5.96. The van der Waals surface area contributed by atoms with Gasteiger partial charge in [0.1, 0.15) is 5.69 Å². The van der Waals surface area contributed by atoms with E-state index in [1.807, 2.05) is 6.07 Å². The van der Waals surface area contributed by atoms with Crippen LogP contribution in [-0.2, 0) is 6.18 Å². The number of rotatable bonds is 2. The van der Waals surface area contributed by atoms with Gasteiger partial charge < -0.3 is 15.2 Å². The molecule has 9 heteroatoms. The molecule has 0 radical (unpaired) electrons. The number of anilines is 1. The molecular weight excluding hydrogens is 407 g/mol. The van der Waals surface area contributed by atoms with E-state index in [4.69, 9.17) is 0 Å². The van der Waals surface area contributed by atoms with E-state index in [1.54, 1.807) is 29.2 Å². The van der Waals surface area contributed by atoms with E-state index in [1.165, 1.54) is 16.9 Å². The summed E-state index contributed by atoms with van der Waals surface area (Å²) >= 11 is 0. The minimum atomic E-state index is -4.53. The second-order valence-corrected chi connectivity index (χ2v) is 7.61. The Morgan fingerprint density at radius 1 is 1.03 bits per heavy atom. The van der Waals surface area contributed by atoms with Gasteiger partial charge in [0.2, 0.25) is 0 Å². The smallest absolute Gasteiger partial charge is 0.370 e. The van der Waals surface area contributed by atoms with Crippen molar-refractivity contribution in [3.63, 3.8) is 0 Å². The molecule has 0 spiro atoms. The molecule has 2 aromatic carbocycles. The second-order valence-electron chi connectivity index (χ2n) is 7.61. The Balaban J connectivity index is 1.74. The minimum Gasteiger partial charge on any atom is -0.370 e. The highest BCUT2D eigenvalue weighted by atomic mass is 19.4. The lowest BCUT2D eigenvalue weighted by Gasteiger charge is -2.26. The average molecular weight is 427 g/mol. The van der Waals surface area contributed by atoms with E-state index in [9.17, 15) is 18.0 Å². The fourth-order valence-electron chi connectivity index (χ4n) is 4.12. The van der Waals surface area contributed by atoms with Gasteiger partial charge in [-0.25, -0.2) is 0 Å². The Bertz CT molecular complexity index is 1250. The highest BCUT2D eigenvalue weighted by Gasteiger charge is 2.36. The van der Waals surface area contributed by atoms with Crippen molar-refractivity contribution >= 4 is 16.6 Å². The lowest BCUT2D eigenvalue weighted by atomic mass is 10.0. The van der Waals surface area contributed by atoms with Crippen LogP contribution in [0.25, 0.3) is 27.8 Å². The Hall–Kier alpha value is -3.33. The van der Waals surface area contributed by atoms with E-state index in [0.29, 0.717) is 30.8 Å². The molecular formula is C22H20F3N5O. The van der Waals surface area contributed by atoms with E-state index in [0.717, 1.165) is 19.0 Å². The van der Waals surface area contributed by atoms with E-state index in [-0.39, 0.29) is 27.9 Å². The second kappa shape index (κ2) is 7.42. The first-order chi connectivity index (χ1) is 14.9. The van der Waals surface area contributed by atoms with Crippen molar-refractivity contribution in [1.82, 2.24) is 20.1 Å². The number of alkyl halides is 3. The molecule has 1 fully saturated rings. The molecule has 5 rings (SSSR count). The molecule has 2 N–H and O–H groups in total. The molecule has 0 atom stereocenters. The number of hydrogen-bond acceptors (Lipinski definition) is 4. The third-order valence-corrected chi connectivity index (χ3v) is 5.63. The summed E-state index contributed by atoms with van der Waals surface area (Å²) in [5.41, 5.74) is 0.601. The summed E-state index contributed by atoms with van der Waals surface area (Å²) in [5.74, 6) is 0. The summed E-state index contributed by atoms with van der Waals surface area (Å²) in [4.78, 5) is 17.6. The summed E-state index contributed by atoms with van der Waals surface area (Å²) in [5, 5.41) is 7.87. The fourth-order valence-corrected chi connectivity index (χ4v) is 4.12. The topological polar surface area (TPSA) is 66.0 Å². The molecule has 0 aliphatic carbocycles. The molecule has 3 aliphatic heterocycles. The largest absolute Gasteiger partial charge is 0.418 e. The molecule has 0 unspecified atom stereocenters. The monoisotopic (exact) mass is 427 g/mol. The van der Waals surface area contributed by atoms with Gasteiger partial charge in [0.05, 0.1) is 22.5 Å². The molecule has 0 bridgehead atoms. The number of H-pyrrole nitrogens is 1. The van der Waals surface area contributed by atoms with Gasteiger partial charge in [-0.15, -0.1) is 0 Å². The molecule has 0 amide bonds. The first-order valence-corrected chi connectivity index (χ1v) is 10.1. The van der Waals surface area contributed by atoms with Crippen LogP contribution in [-0.4, -0.2) is 40.9 Å². The van der Waals surface area contributed by atoms with Crippen molar-refractivity contribution in [2.24, 2.45) is 0 Å². The molecule has 1 saturated heterocycles. The summed E-state index contributed by atoms with van der Waals surface area (Å²) < 4.78 is 43.3. The normalized spacial score (nSPS) is 15.5. The number of para-hydroxylation sites is 1. The summed E-state index contributed by atoms with van der Waals surface area (Å²) in [6.45, 7) is 2.43. The van der Waals surface area contributed by atoms with Crippen LogP contribution in [0.3, 0.4) is 0 Å². The Kier molecular flexibility index (Phi) is 4.70. The number of pyridine rings is 1. The van der Waals surface area contributed by atoms with Gasteiger partial charge in [-0.2, -0.15) is 23.0 Å². The summed E-state index contributed by atoms with van der Waals surface area (Å²) in [7, 11) is 0. The van der Waals surface area contributed by atoms with Crippen LogP contribution in [0.1, 0.15) is 12.0 Å². The molecule has 160 valence electrons. The highest BCUT2D eigenvalue weighted by Crippen LogP contribution is 2.41. The van der Waals surface area contributed by atoms with Crippen LogP contribution < -0.4 is 15.8 Å². The van der Waals surface area contributed by atoms with Gasteiger partial charge in [0.25, 0.3) is 5.56 Å². The maximum atomic E-state index is 14.0. The predicted molar refractivity (Wildman–Crippen MR) is 113 cm³/mol. The Morgan fingerprint density at radius 3 is 2.61 bits per heavy atom. The number of fused-ring (bicyclic) bond motifs is 3. The van der Waals surface area contributed by atoms with Gasteiger partial charge in [-0.3, -0.25) is 4.79 Å². The lowest BCUT2D eigenvalue weighted by Crippen LogP contribution is -2.30. The number of nitrogens with one attached hydrogen (secondary N) is 2. The third kappa shape index (κ3) is 3.44. The van der Waals surface area contributed by atoms with Crippen LogP contribution >= 0.6 is 0 Å². The molecule has 31 heavy (non-hydrogen) atoms. The molecule has 0 aromatic heterocycles. The van der Waals surface area contributed by atoms with Crippen LogP contribution in [0.5, 0.6) is 0 Å². The zero-order valence-corrected chi connectivity index (χ0v) is 16.5. The molecule has 3 aliphatic rings. The van der Waals surface area contributed by atoms with E-state index < -0.39 is 11.7 Å². The average Bonchev–Trinajstić information content (AvgIpc) is 2.93. The minimum absolute atomic E-state index is 0.143.